The summed E-state index contributed by atoms with van der Waals surface area (Å²) in [5.74, 6) is 0. The molecule has 0 saturated heterocycles. The molecule has 0 amide bonds. The van der Waals surface area contributed by atoms with Crippen molar-refractivity contribution in [1.29, 1.82) is 0 Å². The molecule has 1 fully saturated rings. The smallest absolute Gasteiger partial charge is 0.0446 e. The van der Waals surface area contributed by atoms with Crippen LogP contribution in [0.2, 0.25) is 0 Å². The van der Waals surface area contributed by atoms with Gasteiger partial charge in [-0.05, 0) is 50.7 Å². The molecule has 0 atom stereocenters. The quantitative estimate of drug-likeness (QED) is 0.698. The Hall–Kier alpha value is -1.57. The van der Waals surface area contributed by atoms with Crippen molar-refractivity contribution in [2.75, 3.05) is 0 Å². The molecule has 0 aliphatic heterocycles. The van der Waals surface area contributed by atoms with E-state index in [1.54, 1.807) is 0 Å². The van der Waals surface area contributed by atoms with Crippen LogP contribution in [0.25, 0.3) is 5.70 Å². The van der Waals surface area contributed by atoms with Gasteiger partial charge in [-0.3, -0.25) is 4.99 Å². The molecule has 0 spiro atoms. The third-order valence-electron chi connectivity index (χ3n) is 4.76. The summed E-state index contributed by atoms with van der Waals surface area (Å²) in [7, 11) is 0. The zero-order valence-corrected chi connectivity index (χ0v) is 15.6. The van der Waals surface area contributed by atoms with Crippen LogP contribution in [0.3, 0.4) is 0 Å². The monoisotopic (exact) mass is 326 g/mol. The summed E-state index contributed by atoms with van der Waals surface area (Å²) in [4.78, 5) is 4.97. The van der Waals surface area contributed by atoms with Gasteiger partial charge in [0.05, 0.1) is 0 Å². The van der Waals surface area contributed by atoms with Gasteiger partial charge in [-0.25, -0.2) is 0 Å². The second kappa shape index (κ2) is 10.3. The molecule has 0 aromatic heterocycles. The normalized spacial score (nSPS) is 22.0. The Morgan fingerprint density at radius 1 is 0.833 bits per heavy atom. The van der Waals surface area contributed by atoms with Gasteiger partial charge in [-0.15, -0.1) is 0 Å². The van der Waals surface area contributed by atoms with Gasteiger partial charge in [-0.2, -0.15) is 0 Å². The van der Waals surface area contributed by atoms with Gasteiger partial charge in [0.25, 0.3) is 0 Å². The first kappa shape index (κ1) is 18.8. The lowest BCUT2D eigenvalue weighted by atomic mass is 9.92. The minimum atomic E-state index is 0.325. The van der Waals surface area contributed by atoms with Crippen LogP contribution in [0.5, 0.6) is 0 Å². The third-order valence-corrected chi connectivity index (χ3v) is 4.76. The number of nitrogens with two attached hydrogens (primary N) is 1. The number of aliphatic imine (C=N–C) groups is 1. The zero-order valence-electron chi connectivity index (χ0n) is 15.6. The average Bonchev–Trinajstić information content (AvgIpc) is 2.57. The molecule has 1 aliphatic carbocycles. The Morgan fingerprint density at radius 3 is 1.96 bits per heavy atom. The second-order valence-corrected chi connectivity index (χ2v) is 7.26. The van der Waals surface area contributed by atoms with Gasteiger partial charge in [0.2, 0.25) is 0 Å². The first-order valence-corrected chi connectivity index (χ1v) is 9.79. The van der Waals surface area contributed by atoms with Crippen LogP contribution in [-0.2, 0) is 0 Å². The molecule has 1 aromatic rings. The van der Waals surface area contributed by atoms with Gasteiger partial charge >= 0.3 is 0 Å². The van der Waals surface area contributed by atoms with Crippen molar-refractivity contribution in [3.8, 4) is 0 Å². The van der Waals surface area contributed by atoms with Crippen LogP contribution >= 0.6 is 0 Å². The van der Waals surface area contributed by atoms with E-state index in [2.05, 4.69) is 38.1 Å². The van der Waals surface area contributed by atoms with E-state index in [-0.39, 0.29) is 0 Å². The Kier molecular flexibility index (Phi) is 8.07. The van der Waals surface area contributed by atoms with Crippen molar-refractivity contribution in [2.24, 2.45) is 10.7 Å². The molecule has 1 aromatic carbocycles. The van der Waals surface area contributed by atoms with Crippen LogP contribution in [0.15, 0.2) is 40.9 Å². The molecule has 24 heavy (non-hydrogen) atoms. The second-order valence-electron chi connectivity index (χ2n) is 7.26. The fourth-order valence-corrected chi connectivity index (χ4v) is 3.49. The van der Waals surface area contributed by atoms with E-state index in [9.17, 15) is 0 Å². The van der Waals surface area contributed by atoms with Gasteiger partial charge in [0.1, 0.15) is 0 Å². The Balaban J connectivity index is 2.33. The summed E-state index contributed by atoms with van der Waals surface area (Å²) in [6.45, 7) is 4.33. The van der Waals surface area contributed by atoms with Crippen molar-refractivity contribution >= 4 is 11.4 Å². The lowest BCUT2D eigenvalue weighted by molar-refractivity contribution is 0.567. The largest absolute Gasteiger partial charge is 0.398 e. The van der Waals surface area contributed by atoms with Gasteiger partial charge < -0.3 is 5.73 Å². The number of hydrogen-bond donors (Lipinski definition) is 1. The molecular formula is C22H34N2. The van der Waals surface area contributed by atoms with Crippen LogP contribution in [0.1, 0.15) is 83.6 Å². The molecule has 1 saturated carbocycles. The van der Waals surface area contributed by atoms with Crippen molar-refractivity contribution in [2.45, 2.75) is 84.1 Å². The van der Waals surface area contributed by atoms with E-state index < -0.39 is 0 Å². The van der Waals surface area contributed by atoms with E-state index in [1.807, 2.05) is 6.07 Å². The highest BCUT2D eigenvalue weighted by Gasteiger charge is 2.14. The van der Waals surface area contributed by atoms with Gasteiger partial charge in [-0.1, -0.05) is 68.9 Å². The number of allylic oxidation sites excluding steroid dienone is 1. The highest BCUT2D eigenvalue weighted by molar-refractivity contribution is 6.06. The molecule has 132 valence electrons. The number of nitrogens with zero attached hydrogens (tertiary/aromatic N) is 1. The lowest BCUT2D eigenvalue weighted by Gasteiger charge is -2.18. The van der Waals surface area contributed by atoms with E-state index in [4.69, 9.17) is 10.7 Å². The zero-order chi connectivity index (χ0) is 17.2. The Labute approximate surface area is 148 Å². The number of hydrogen-bond acceptors (Lipinski definition) is 2. The lowest BCUT2D eigenvalue weighted by Crippen LogP contribution is -2.13. The highest BCUT2D eigenvalue weighted by Crippen LogP contribution is 2.25. The Bertz CT molecular complexity index is 540. The average molecular weight is 327 g/mol. The molecule has 1 aliphatic rings. The standard InChI is InChI=1S/C22H34N2/c1-18(2)24-21-17-13-8-6-4-3-5-7-12-16-20(21)22(23)19-14-10-9-11-15-19/h9-11,14-15,18H,3-8,12-13,16-17,23H2,1-2H3. The third kappa shape index (κ3) is 6.14. The van der Waals surface area contributed by atoms with E-state index in [0.717, 1.165) is 24.1 Å². The summed E-state index contributed by atoms with van der Waals surface area (Å²) in [6, 6.07) is 10.7. The molecular weight excluding hydrogens is 292 g/mol. The van der Waals surface area contributed by atoms with Crippen LogP contribution < -0.4 is 5.73 Å². The summed E-state index contributed by atoms with van der Waals surface area (Å²) in [6.07, 6.45) is 12.7. The molecule has 2 N–H and O–H groups in total. The molecule has 0 bridgehead atoms. The van der Waals surface area contributed by atoms with Crippen molar-refractivity contribution in [3.63, 3.8) is 0 Å². The molecule has 2 rings (SSSR count). The van der Waals surface area contributed by atoms with Crippen LogP contribution in [0, 0.1) is 0 Å². The van der Waals surface area contributed by atoms with Crippen LogP contribution in [-0.4, -0.2) is 11.8 Å². The molecule has 0 unspecified atom stereocenters. The summed E-state index contributed by atoms with van der Waals surface area (Å²) in [5, 5.41) is 0. The maximum atomic E-state index is 6.62. The molecule has 0 heterocycles. The first-order valence-electron chi connectivity index (χ1n) is 9.79. The number of benzene rings is 1. The molecule has 2 heteroatoms. The van der Waals surface area contributed by atoms with Gasteiger partial charge in [0, 0.05) is 17.5 Å². The predicted octanol–water partition coefficient (Wildman–Crippen LogP) is 6.12. The Morgan fingerprint density at radius 2 is 1.38 bits per heavy atom. The topological polar surface area (TPSA) is 38.4 Å². The predicted molar refractivity (Wildman–Crippen MR) is 106 cm³/mol. The van der Waals surface area contributed by atoms with Crippen molar-refractivity contribution < 1.29 is 0 Å². The number of rotatable bonds is 2. The van der Waals surface area contributed by atoms with E-state index in [1.165, 1.54) is 62.7 Å². The molecule has 0 radical (unpaired) electrons. The first-order chi connectivity index (χ1) is 11.7. The van der Waals surface area contributed by atoms with E-state index >= 15 is 0 Å². The summed E-state index contributed by atoms with van der Waals surface area (Å²) in [5.41, 5.74) is 11.2. The summed E-state index contributed by atoms with van der Waals surface area (Å²) >= 11 is 0. The highest BCUT2D eigenvalue weighted by atomic mass is 14.8. The molecule has 2 nitrogen and oxygen atoms in total. The fourth-order valence-electron chi connectivity index (χ4n) is 3.49. The minimum Gasteiger partial charge on any atom is -0.398 e. The minimum absolute atomic E-state index is 0.325. The fraction of sp³-hybridized carbons (Fsp3) is 0.591. The van der Waals surface area contributed by atoms with E-state index in [0.29, 0.717) is 6.04 Å². The van der Waals surface area contributed by atoms with Gasteiger partial charge in [0.15, 0.2) is 0 Å². The van der Waals surface area contributed by atoms with Crippen molar-refractivity contribution in [1.82, 2.24) is 0 Å². The SMILES string of the molecule is CC(C)N=C1CCCCCCCCCCC1=C(N)c1ccccc1. The van der Waals surface area contributed by atoms with Crippen molar-refractivity contribution in [3.05, 3.63) is 41.5 Å². The summed E-state index contributed by atoms with van der Waals surface area (Å²) < 4.78 is 0. The maximum absolute atomic E-state index is 6.62. The van der Waals surface area contributed by atoms with Crippen LogP contribution in [0.4, 0.5) is 0 Å². The maximum Gasteiger partial charge on any atom is 0.0446 e.